The Morgan fingerprint density at radius 3 is 2.73 bits per heavy atom. The molecular formula is C11H11IN2S. The molecule has 0 amide bonds. The van der Waals surface area contributed by atoms with Gasteiger partial charge in [-0.05, 0) is 34.4 Å². The molecule has 2 rings (SSSR count). The minimum atomic E-state index is 0.896. The third-order valence-corrected chi connectivity index (χ3v) is 4.11. The van der Waals surface area contributed by atoms with Crippen LogP contribution in [0.4, 0.5) is 0 Å². The molecule has 2 nitrogen and oxygen atoms in total. The van der Waals surface area contributed by atoms with Gasteiger partial charge in [-0.2, -0.15) is 0 Å². The van der Waals surface area contributed by atoms with E-state index in [1.165, 1.54) is 10.6 Å². The van der Waals surface area contributed by atoms with Crippen molar-refractivity contribution in [1.82, 2.24) is 9.55 Å². The molecule has 0 fully saturated rings. The molecule has 15 heavy (non-hydrogen) atoms. The van der Waals surface area contributed by atoms with Crippen molar-refractivity contribution in [3.05, 3.63) is 45.9 Å². The summed E-state index contributed by atoms with van der Waals surface area (Å²) in [5.41, 5.74) is 1.31. The fourth-order valence-electron chi connectivity index (χ4n) is 1.44. The zero-order valence-corrected chi connectivity index (χ0v) is 11.3. The highest BCUT2D eigenvalue weighted by Crippen LogP contribution is 2.21. The lowest BCUT2D eigenvalue weighted by atomic mass is 10.2. The third-order valence-electron chi connectivity index (χ3n) is 2.14. The molecule has 0 spiro atoms. The molecule has 0 aliphatic carbocycles. The Morgan fingerprint density at radius 2 is 2.07 bits per heavy atom. The molecule has 0 aliphatic heterocycles. The molecule has 0 atom stereocenters. The van der Waals surface area contributed by atoms with Gasteiger partial charge in [-0.25, -0.2) is 4.98 Å². The van der Waals surface area contributed by atoms with Gasteiger partial charge in [0.1, 0.15) is 8.73 Å². The Bertz CT molecular complexity index is 439. The molecule has 0 saturated heterocycles. The Labute approximate surface area is 107 Å². The molecule has 0 unspecified atom stereocenters. The number of hydrogen-bond donors (Lipinski definition) is 0. The van der Waals surface area contributed by atoms with Crippen molar-refractivity contribution >= 4 is 34.4 Å². The molecule has 1 aromatic carbocycles. The second-order valence-electron chi connectivity index (χ2n) is 3.16. The summed E-state index contributed by atoms with van der Waals surface area (Å²) in [6.45, 7) is 0.896. The normalized spacial score (nSPS) is 10.5. The van der Waals surface area contributed by atoms with Crippen LogP contribution in [0.25, 0.3) is 0 Å². The topological polar surface area (TPSA) is 17.8 Å². The van der Waals surface area contributed by atoms with E-state index >= 15 is 0 Å². The maximum absolute atomic E-state index is 4.31. The predicted octanol–water partition coefficient (Wildman–Crippen LogP) is 3.26. The van der Waals surface area contributed by atoms with E-state index < -0.39 is 0 Å². The zero-order chi connectivity index (χ0) is 10.7. The number of nitrogens with zero attached hydrogens (tertiary/aromatic N) is 2. The zero-order valence-electron chi connectivity index (χ0n) is 8.35. The van der Waals surface area contributed by atoms with Gasteiger partial charge in [-0.15, -0.1) is 11.8 Å². The fraction of sp³-hybridized carbons (Fsp3) is 0.182. The lowest BCUT2D eigenvalue weighted by Crippen LogP contribution is -1.99. The molecule has 0 bridgehead atoms. The van der Waals surface area contributed by atoms with Crippen LogP contribution < -0.4 is 0 Å². The number of benzene rings is 1. The number of halogens is 1. The molecule has 1 aromatic heterocycles. The van der Waals surface area contributed by atoms with Crippen molar-refractivity contribution in [3.8, 4) is 0 Å². The maximum Gasteiger partial charge on any atom is 0.133 e. The first-order valence-corrected chi connectivity index (χ1v) is 6.90. The summed E-state index contributed by atoms with van der Waals surface area (Å²) in [5.74, 6) is 0. The fourth-order valence-corrected chi connectivity index (χ4v) is 3.10. The lowest BCUT2D eigenvalue weighted by molar-refractivity contribution is 0.728. The van der Waals surface area contributed by atoms with Crippen molar-refractivity contribution in [2.45, 2.75) is 11.6 Å². The van der Waals surface area contributed by atoms with Crippen molar-refractivity contribution in [2.24, 2.45) is 0 Å². The molecule has 1 heterocycles. The van der Waals surface area contributed by atoms with Crippen molar-refractivity contribution in [1.29, 1.82) is 0 Å². The van der Waals surface area contributed by atoms with Gasteiger partial charge in [-0.1, -0.05) is 30.3 Å². The SMILES string of the molecule is CSc1c(I)ncn1Cc1ccccc1. The van der Waals surface area contributed by atoms with Crippen molar-refractivity contribution in [2.75, 3.05) is 6.26 Å². The second kappa shape index (κ2) is 5.03. The average molecular weight is 330 g/mol. The lowest BCUT2D eigenvalue weighted by Gasteiger charge is -2.06. The van der Waals surface area contributed by atoms with Gasteiger partial charge in [0.15, 0.2) is 0 Å². The van der Waals surface area contributed by atoms with E-state index in [9.17, 15) is 0 Å². The highest BCUT2D eigenvalue weighted by molar-refractivity contribution is 14.1. The van der Waals surface area contributed by atoms with Gasteiger partial charge in [0, 0.05) is 6.54 Å². The van der Waals surface area contributed by atoms with Gasteiger partial charge in [0.05, 0.1) is 6.33 Å². The molecule has 2 aromatic rings. The smallest absolute Gasteiger partial charge is 0.133 e. The molecule has 0 radical (unpaired) electrons. The van der Waals surface area contributed by atoms with E-state index in [0.717, 1.165) is 10.2 Å². The van der Waals surface area contributed by atoms with Gasteiger partial charge in [0.2, 0.25) is 0 Å². The Morgan fingerprint density at radius 1 is 1.33 bits per heavy atom. The molecule has 78 valence electrons. The molecule has 0 N–H and O–H groups in total. The van der Waals surface area contributed by atoms with E-state index in [0.29, 0.717) is 0 Å². The molecule has 0 aliphatic rings. The molecule has 0 saturated carbocycles. The number of thioether (sulfide) groups is 1. The van der Waals surface area contributed by atoms with Gasteiger partial charge in [0.25, 0.3) is 0 Å². The van der Waals surface area contributed by atoms with Crippen LogP contribution in [-0.2, 0) is 6.54 Å². The van der Waals surface area contributed by atoms with E-state index in [1.807, 2.05) is 12.4 Å². The summed E-state index contributed by atoms with van der Waals surface area (Å²) in [5, 5.41) is 1.24. The first-order chi connectivity index (χ1) is 7.31. The highest BCUT2D eigenvalue weighted by Gasteiger charge is 2.06. The van der Waals surface area contributed by atoms with E-state index in [-0.39, 0.29) is 0 Å². The maximum atomic E-state index is 4.31. The van der Waals surface area contributed by atoms with Crippen molar-refractivity contribution < 1.29 is 0 Å². The van der Waals surface area contributed by atoms with Crippen LogP contribution in [0, 0.1) is 3.70 Å². The van der Waals surface area contributed by atoms with E-state index in [2.05, 4.69) is 62.7 Å². The molecule has 4 heteroatoms. The van der Waals surface area contributed by atoms with Gasteiger partial charge >= 0.3 is 0 Å². The first-order valence-electron chi connectivity index (χ1n) is 4.60. The van der Waals surface area contributed by atoms with Crippen LogP contribution in [0.2, 0.25) is 0 Å². The van der Waals surface area contributed by atoms with Crippen LogP contribution >= 0.6 is 34.4 Å². The summed E-state index contributed by atoms with van der Waals surface area (Å²) in [7, 11) is 0. The van der Waals surface area contributed by atoms with Crippen LogP contribution in [0.15, 0.2) is 41.7 Å². The standard InChI is InChI=1S/C11H11IN2S/c1-15-11-10(12)13-8-14(11)7-9-5-3-2-4-6-9/h2-6,8H,7H2,1H3. The number of hydrogen-bond acceptors (Lipinski definition) is 2. The summed E-state index contributed by atoms with van der Waals surface area (Å²) in [4.78, 5) is 4.31. The largest absolute Gasteiger partial charge is 0.320 e. The Balaban J connectivity index is 2.25. The third kappa shape index (κ3) is 2.55. The summed E-state index contributed by atoms with van der Waals surface area (Å²) >= 11 is 4.01. The number of imidazole rings is 1. The van der Waals surface area contributed by atoms with Crippen LogP contribution in [0.5, 0.6) is 0 Å². The quantitative estimate of drug-likeness (QED) is 0.635. The van der Waals surface area contributed by atoms with Crippen molar-refractivity contribution in [3.63, 3.8) is 0 Å². The Kier molecular flexibility index (Phi) is 3.69. The van der Waals surface area contributed by atoms with Crippen LogP contribution in [-0.4, -0.2) is 15.8 Å². The minimum Gasteiger partial charge on any atom is -0.320 e. The average Bonchev–Trinajstić information content (AvgIpc) is 2.61. The van der Waals surface area contributed by atoms with Gasteiger partial charge in [-0.3, -0.25) is 0 Å². The van der Waals surface area contributed by atoms with Crippen LogP contribution in [0.1, 0.15) is 5.56 Å². The Hall–Kier alpha value is -0.490. The monoisotopic (exact) mass is 330 g/mol. The first kappa shape index (κ1) is 11.0. The highest BCUT2D eigenvalue weighted by atomic mass is 127. The predicted molar refractivity (Wildman–Crippen MR) is 72.3 cm³/mol. The van der Waals surface area contributed by atoms with E-state index in [1.54, 1.807) is 11.8 Å². The number of aromatic nitrogens is 2. The van der Waals surface area contributed by atoms with E-state index in [4.69, 9.17) is 0 Å². The summed E-state index contributed by atoms with van der Waals surface area (Å²) < 4.78 is 3.26. The second-order valence-corrected chi connectivity index (χ2v) is 4.97. The van der Waals surface area contributed by atoms with Crippen LogP contribution in [0.3, 0.4) is 0 Å². The van der Waals surface area contributed by atoms with Gasteiger partial charge < -0.3 is 4.57 Å². The minimum absolute atomic E-state index is 0.896. The molecular weight excluding hydrogens is 319 g/mol. The summed E-state index contributed by atoms with van der Waals surface area (Å²) in [6.07, 6.45) is 3.99. The summed E-state index contributed by atoms with van der Waals surface area (Å²) in [6, 6.07) is 10.4. The number of rotatable bonds is 3.